The molecule has 3 aliphatic rings. The van der Waals surface area contributed by atoms with E-state index in [1.54, 1.807) is 0 Å². The summed E-state index contributed by atoms with van der Waals surface area (Å²) in [4.78, 5) is 23.4. The molecule has 0 saturated carbocycles. The van der Waals surface area contributed by atoms with Gasteiger partial charge in [0.25, 0.3) is 5.91 Å². The molecule has 1 unspecified atom stereocenters. The Morgan fingerprint density at radius 1 is 1.28 bits per heavy atom. The minimum atomic E-state index is 0. The summed E-state index contributed by atoms with van der Waals surface area (Å²) < 4.78 is 5.51. The van der Waals surface area contributed by atoms with Gasteiger partial charge in [0.1, 0.15) is 5.75 Å². The lowest BCUT2D eigenvalue weighted by Crippen LogP contribution is -2.44. The molecule has 7 nitrogen and oxygen atoms in total. The van der Waals surface area contributed by atoms with E-state index in [1.165, 1.54) is 6.42 Å². The largest absolute Gasteiger partial charge is 0.482 e. The van der Waals surface area contributed by atoms with E-state index in [1.807, 2.05) is 36.2 Å². The molecule has 29 heavy (non-hydrogen) atoms. The Labute approximate surface area is 189 Å². The molecule has 3 aliphatic heterocycles. The van der Waals surface area contributed by atoms with Crippen LogP contribution >= 0.6 is 24.0 Å². The summed E-state index contributed by atoms with van der Waals surface area (Å²) in [6.45, 7) is 5.77. The van der Waals surface area contributed by atoms with Crippen LogP contribution in [0.3, 0.4) is 0 Å². The number of amides is 1. The third-order valence-corrected chi connectivity index (χ3v) is 5.69. The van der Waals surface area contributed by atoms with Gasteiger partial charge in [-0.05, 0) is 25.0 Å². The van der Waals surface area contributed by atoms with Crippen molar-refractivity contribution >= 4 is 41.5 Å². The number of rotatable bonds is 5. The number of guanidine groups is 1. The van der Waals surface area contributed by atoms with E-state index < -0.39 is 0 Å². The van der Waals surface area contributed by atoms with Crippen LogP contribution in [0.25, 0.3) is 0 Å². The fraction of sp³-hybridized carbons (Fsp3) is 0.524. The van der Waals surface area contributed by atoms with Gasteiger partial charge in [-0.3, -0.25) is 14.7 Å². The van der Waals surface area contributed by atoms with Gasteiger partial charge in [0.2, 0.25) is 0 Å². The number of nitrogens with zero attached hydrogens (tertiary/aromatic N) is 4. The highest BCUT2D eigenvalue weighted by atomic mass is 127. The van der Waals surface area contributed by atoms with E-state index in [0.29, 0.717) is 12.6 Å². The molecule has 0 bridgehead atoms. The molecule has 1 amide bonds. The first-order valence-electron chi connectivity index (χ1n) is 10.1. The highest BCUT2D eigenvalue weighted by Gasteiger charge is 2.29. The summed E-state index contributed by atoms with van der Waals surface area (Å²) >= 11 is 0. The zero-order chi connectivity index (χ0) is 19.3. The smallest absolute Gasteiger partial charge is 0.265 e. The van der Waals surface area contributed by atoms with Crippen LogP contribution in [-0.2, 0) is 4.79 Å². The molecule has 158 valence electrons. The Balaban J connectivity index is 0.00000240. The molecule has 1 aromatic carbocycles. The van der Waals surface area contributed by atoms with Crippen molar-refractivity contribution in [1.82, 2.24) is 15.1 Å². The van der Waals surface area contributed by atoms with Crippen molar-refractivity contribution in [2.75, 3.05) is 57.8 Å². The number of nitrogens with one attached hydrogen (secondary N) is 1. The fourth-order valence-electron chi connectivity index (χ4n) is 4.19. The summed E-state index contributed by atoms with van der Waals surface area (Å²) in [6.07, 6.45) is 6.54. The minimum absolute atomic E-state index is 0. The molecule has 1 fully saturated rings. The van der Waals surface area contributed by atoms with Crippen LogP contribution in [0.1, 0.15) is 12.8 Å². The second-order valence-corrected chi connectivity index (χ2v) is 7.44. The van der Waals surface area contributed by atoms with E-state index in [9.17, 15) is 4.79 Å². The van der Waals surface area contributed by atoms with E-state index in [2.05, 4.69) is 32.3 Å². The number of para-hydroxylation sites is 2. The van der Waals surface area contributed by atoms with Gasteiger partial charge in [-0.2, -0.15) is 0 Å². The standard InChI is InChI=1S/C21H29N5O2.HI/c1-22-21(25-14-9-17(15-25)24-11-4-5-12-24)23-10-6-13-26-18-7-2-3-8-19(18)28-16-20(26)27;/h2-5,7-8,17H,6,9-16H2,1H3,(H,22,23);1H. The molecule has 8 heteroatoms. The van der Waals surface area contributed by atoms with Crippen LogP contribution in [-0.4, -0.2) is 80.6 Å². The Hall–Kier alpha value is -1.81. The van der Waals surface area contributed by atoms with Crippen LogP contribution in [0.15, 0.2) is 41.4 Å². The van der Waals surface area contributed by atoms with Gasteiger partial charge in [-0.1, -0.05) is 24.3 Å². The lowest BCUT2D eigenvalue weighted by molar-refractivity contribution is -0.121. The Morgan fingerprint density at radius 3 is 2.86 bits per heavy atom. The third kappa shape index (κ3) is 5.03. The number of halogens is 1. The predicted molar refractivity (Wildman–Crippen MR) is 126 cm³/mol. The maximum Gasteiger partial charge on any atom is 0.265 e. The van der Waals surface area contributed by atoms with E-state index in [-0.39, 0.29) is 36.5 Å². The van der Waals surface area contributed by atoms with Gasteiger partial charge in [0, 0.05) is 52.4 Å². The first-order chi connectivity index (χ1) is 13.8. The van der Waals surface area contributed by atoms with Crippen LogP contribution in [0.5, 0.6) is 5.75 Å². The van der Waals surface area contributed by atoms with Crippen molar-refractivity contribution in [3.8, 4) is 5.75 Å². The summed E-state index contributed by atoms with van der Waals surface area (Å²) in [5.74, 6) is 1.76. The van der Waals surface area contributed by atoms with Gasteiger partial charge in [0.05, 0.1) is 5.69 Å². The molecule has 1 aromatic rings. The molecule has 1 N–H and O–H groups in total. The van der Waals surface area contributed by atoms with Gasteiger partial charge >= 0.3 is 0 Å². The number of carbonyl (C=O) groups excluding carboxylic acids is 1. The normalized spacial score (nSPS) is 21.8. The van der Waals surface area contributed by atoms with Crippen LogP contribution < -0.4 is 15.0 Å². The second-order valence-electron chi connectivity index (χ2n) is 7.44. The van der Waals surface area contributed by atoms with Crippen molar-refractivity contribution in [2.45, 2.75) is 18.9 Å². The topological polar surface area (TPSA) is 60.4 Å². The quantitative estimate of drug-likeness (QED) is 0.215. The lowest BCUT2D eigenvalue weighted by Gasteiger charge is -2.29. The number of ether oxygens (including phenoxy) is 1. The molecule has 1 atom stereocenters. The maximum atomic E-state index is 12.3. The molecular weight excluding hydrogens is 481 g/mol. The van der Waals surface area contributed by atoms with Crippen molar-refractivity contribution in [1.29, 1.82) is 0 Å². The van der Waals surface area contributed by atoms with Crippen LogP contribution in [0, 0.1) is 0 Å². The number of anilines is 1. The SMILES string of the molecule is CN=C(NCCCN1C(=O)COc2ccccc21)N1CCC(N2CC=CC2)C1.I. The first-order valence-corrected chi connectivity index (χ1v) is 10.1. The average Bonchev–Trinajstić information content (AvgIpc) is 3.41. The van der Waals surface area contributed by atoms with Crippen molar-refractivity contribution in [2.24, 2.45) is 4.99 Å². The number of benzene rings is 1. The molecule has 4 rings (SSSR count). The van der Waals surface area contributed by atoms with Crippen molar-refractivity contribution < 1.29 is 9.53 Å². The van der Waals surface area contributed by atoms with Gasteiger partial charge < -0.3 is 19.9 Å². The number of hydrogen-bond acceptors (Lipinski definition) is 4. The molecule has 0 aliphatic carbocycles. The highest BCUT2D eigenvalue weighted by molar-refractivity contribution is 14.0. The van der Waals surface area contributed by atoms with Crippen molar-refractivity contribution in [3.05, 3.63) is 36.4 Å². The zero-order valence-corrected chi connectivity index (χ0v) is 19.2. The third-order valence-electron chi connectivity index (χ3n) is 5.69. The summed E-state index contributed by atoms with van der Waals surface area (Å²) in [5.41, 5.74) is 0.865. The van der Waals surface area contributed by atoms with E-state index in [4.69, 9.17) is 4.74 Å². The van der Waals surface area contributed by atoms with Crippen LogP contribution in [0.2, 0.25) is 0 Å². The summed E-state index contributed by atoms with van der Waals surface area (Å²) in [5, 5.41) is 3.47. The lowest BCUT2D eigenvalue weighted by atomic mass is 10.2. The Kier molecular flexibility index (Phi) is 7.77. The van der Waals surface area contributed by atoms with E-state index in [0.717, 1.165) is 56.5 Å². The number of fused-ring (bicyclic) bond motifs is 1. The summed E-state index contributed by atoms with van der Waals surface area (Å²) in [7, 11) is 1.84. The van der Waals surface area contributed by atoms with Crippen LogP contribution in [0.4, 0.5) is 5.69 Å². The van der Waals surface area contributed by atoms with Crippen molar-refractivity contribution in [3.63, 3.8) is 0 Å². The predicted octanol–water partition coefficient (Wildman–Crippen LogP) is 1.94. The molecule has 0 radical (unpaired) electrons. The molecular formula is C21H30IN5O2. The first kappa shape index (κ1) is 21.9. The van der Waals surface area contributed by atoms with Gasteiger partial charge in [-0.15, -0.1) is 24.0 Å². The Morgan fingerprint density at radius 2 is 2.07 bits per heavy atom. The number of aliphatic imine (C=N–C) groups is 1. The van der Waals surface area contributed by atoms with E-state index >= 15 is 0 Å². The summed E-state index contributed by atoms with van der Waals surface area (Å²) in [6, 6.07) is 8.33. The second kappa shape index (κ2) is 10.3. The zero-order valence-electron chi connectivity index (χ0n) is 16.9. The molecule has 0 aromatic heterocycles. The van der Waals surface area contributed by atoms with Gasteiger partial charge in [0.15, 0.2) is 12.6 Å². The number of hydrogen-bond donors (Lipinski definition) is 1. The molecule has 0 spiro atoms. The Bertz CT molecular complexity index is 761. The minimum Gasteiger partial charge on any atom is -0.482 e. The number of carbonyl (C=O) groups is 1. The molecule has 3 heterocycles. The average molecular weight is 511 g/mol. The fourth-order valence-corrected chi connectivity index (χ4v) is 4.19. The van der Waals surface area contributed by atoms with Gasteiger partial charge in [-0.25, -0.2) is 0 Å². The monoisotopic (exact) mass is 511 g/mol. The molecule has 1 saturated heterocycles. The highest BCUT2D eigenvalue weighted by Crippen LogP contribution is 2.31. The number of likely N-dealkylation sites (tertiary alicyclic amines) is 1. The maximum absolute atomic E-state index is 12.3.